The summed E-state index contributed by atoms with van der Waals surface area (Å²) in [6.45, 7) is 3.15. The molecule has 90 valence electrons. The Bertz CT molecular complexity index is 298. The lowest BCUT2D eigenvalue weighted by Crippen LogP contribution is -2.24. The molecule has 15 heavy (non-hydrogen) atoms. The normalized spacial score (nSPS) is 12.1. The standard InChI is InChI=1S/C8H14F2O4S/c1-6(2)14-8(11)5-15(12,13)4-3-7(9)10/h6-7H,3-5H2,1-2H3. The van der Waals surface area contributed by atoms with Crippen LogP contribution in [0.2, 0.25) is 0 Å². The Morgan fingerprint density at radius 2 is 1.87 bits per heavy atom. The highest BCUT2D eigenvalue weighted by atomic mass is 32.2. The molecule has 0 atom stereocenters. The lowest BCUT2D eigenvalue weighted by Gasteiger charge is -2.08. The molecule has 0 spiro atoms. The number of rotatable bonds is 6. The van der Waals surface area contributed by atoms with E-state index in [1.54, 1.807) is 13.8 Å². The molecule has 0 rings (SSSR count). The monoisotopic (exact) mass is 244 g/mol. The molecule has 4 nitrogen and oxygen atoms in total. The van der Waals surface area contributed by atoms with Gasteiger partial charge < -0.3 is 4.74 Å². The summed E-state index contributed by atoms with van der Waals surface area (Å²) in [6, 6.07) is 0. The zero-order valence-electron chi connectivity index (χ0n) is 8.57. The maximum absolute atomic E-state index is 11.7. The van der Waals surface area contributed by atoms with Gasteiger partial charge >= 0.3 is 5.97 Å². The van der Waals surface area contributed by atoms with Crippen LogP contribution in [0.4, 0.5) is 8.78 Å². The van der Waals surface area contributed by atoms with E-state index in [0.717, 1.165) is 0 Å². The fraction of sp³-hybridized carbons (Fsp3) is 0.875. The Morgan fingerprint density at radius 3 is 2.27 bits per heavy atom. The molecule has 0 aliphatic heterocycles. The van der Waals surface area contributed by atoms with Crippen LogP contribution in [0.5, 0.6) is 0 Å². The first kappa shape index (κ1) is 14.3. The van der Waals surface area contributed by atoms with Gasteiger partial charge in [-0.3, -0.25) is 4.79 Å². The maximum Gasteiger partial charge on any atom is 0.321 e. The minimum absolute atomic E-state index is 0.414. The predicted octanol–water partition coefficient (Wildman–Crippen LogP) is 1.01. The molecular weight excluding hydrogens is 230 g/mol. The van der Waals surface area contributed by atoms with Crippen LogP contribution >= 0.6 is 0 Å². The average Bonchev–Trinajstić information content (AvgIpc) is 1.98. The van der Waals surface area contributed by atoms with Gasteiger partial charge in [0.25, 0.3) is 0 Å². The summed E-state index contributed by atoms with van der Waals surface area (Å²) in [7, 11) is -3.78. The Morgan fingerprint density at radius 1 is 1.33 bits per heavy atom. The van der Waals surface area contributed by atoms with E-state index in [2.05, 4.69) is 4.74 Å². The zero-order valence-corrected chi connectivity index (χ0v) is 9.39. The maximum atomic E-state index is 11.7. The van der Waals surface area contributed by atoms with Crippen molar-refractivity contribution in [3.05, 3.63) is 0 Å². The van der Waals surface area contributed by atoms with Gasteiger partial charge in [0.1, 0.15) is 5.75 Å². The zero-order chi connectivity index (χ0) is 12.1. The fourth-order valence-corrected chi connectivity index (χ4v) is 1.93. The van der Waals surface area contributed by atoms with Crippen LogP contribution in [0.1, 0.15) is 20.3 Å². The van der Waals surface area contributed by atoms with Crippen molar-refractivity contribution in [1.29, 1.82) is 0 Å². The number of esters is 1. The lowest BCUT2D eigenvalue weighted by molar-refractivity contribution is -0.144. The number of ether oxygens (including phenoxy) is 1. The summed E-state index contributed by atoms with van der Waals surface area (Å²) >= 11 is 0. The predicted molar refractivity (Wildman–Crippen MR) is 50.5 cm³/mol. The van der Waals surface area contributed by atoms with Crippen molar-refractivity contribution in [1.82, 2.24) is 0 Å². The Kier molecular flexibility index (Phi) is 5.71. The van der Waals surface area contributed by atoms with Crippen LogP contribution in [0, 0.1) is 0 Å². The molecule has 0 aliphatic rings. The highest BCUT2D eigenvalue weighted by Crippen LogP contribution is 2.04. The Labute approximate surface area is 87.5 Å². The number of hydrogen-bond donors (Lipinski definition) is 0. The molecule has 0 bridgehead atoms. The van der Waals surface area contributed by atoms with Crippen molar-refractivity contribution in [3.8, 4) is 0 Å². The SMILES string of the molecule is CC(C)OC(=O)CS(=O)(=O)CCC(F)F. The van der Waals surface area contributed by atoms with Gasteiger partial charge in [0.05, 0.1) is 11.9 Å². The minimum Gasteiger partial charge on any atom is -0.462 e. The second-order valence-corrected chi connectivity index (χ2v) is 5.49. The molecule has 0 aromatic rings. The van der Waals surface area contributed by atoms with Crippen molar-refractivity contribution in [2.75, 3.05) is 11.5 Å². The molecule has 0 heterocycles. The van der Waals surface area contributed by atoms with Gasteiger partial charge in [-0.25, -0.2) is 17.2 Å². The molecule has 0 aromatic heterocycles. The number of halogens is 2. The minimum atomic E-state index is -3.78. The molecule has 7 heteroatoms. The third kappa shape index (κ3) is 8.29. The number of carbonyl (C=O) groups excluding carboxylic acids is 1. The van der Waals surface area contributed by atoms with E-state index in [1.807, 2.05) is 0 Å². The third-order valence-corrected chi connectivity index (χ3v) is 2.89. The van der Waals surface area contributed by atoms with E-state index in [4.69, 9.17) is 0 Å². The van der Waals surface area contributed by atoms with E-state index in [0.29, 0.717) is 0 Å². The lowest BCUT2D eigenvalue weighted by atomic mass is 10.5. The fourth-order valence-electron chi connectivity index (χ4n) is 0.817. The summed E-state index contributed by atoms with van der Waals surface area (Å²) in [5.41, 5.74) is 0. The second kappa shape index (κ2) is 5.99. The number of alkyl halides is 2. The number of sulfone groups is 1. The second-order valence-electron chi connectivity index (χ2n) is 3.31. The first-order valence-electron chi connectivity index (χ1n) is 4.41. The van der Waals surface area contributed by atoms with Crippen LogP contribution in [0.3, 0.4) is 0 Å². The topological polar surface area (TPSA) is 60.4 Å². The van der Waals surface area contributed by atoms with Crippen molar-refractivity contribution in [2.24, 2.45) is 0 Å². The molecule has 0 N–H and O–H groups in total. The molecule has 0 amide bonds. The molecular formula is C8H14F2O4S. The van der Waals surface area contributed by atoms with Crippen LogP contribution in [-0.4, -0.2) is 38.4 Å². The first-order chi connectivity index (χ1) is 6.73. The summed E-state index contributed by atoms with van der Waals surface area (Å²) in [5, 5.41) is 0. The average molecular weight is 244 g/mol. The summed E-state index contributed by atoms with van der Waals surface area (Å²) < 4.78 is 50.2. The largest absolute Gasteiger partial charge is 0.462 e. The van der Waals surface area contributed by atoms with Crippen molar-refractivity contribution < 1.29 is 26.7 Å². The Hall–Kier alpha value is -0.720. The quantitative estimate of drug-likeness (QED) is 0.654. The van der Waals surface area contributed by atoms with Crippen LogP contribution in [0.25, 0.3) is 0 Å². The highest BCUT2D eigenvalue weighted by molar-refractivity contribution is 7.92. The van der Waals surface area contributed by atoms with Crippen molar-refractivity contribution in [3.63, 3.8) is 0 Å². The van der Waals surface area contributed by atoms with E-state index < -0.39 is 46.3 Å². The molecule has 0 unspecified atom stereocenters. The third-order valence-electron chi connectivity index (χ3n) is 1.35. The molecule has 0 aromatic carbocycles. The van der Waals surface area contributed by atoms with Gasteiger partial charge in [0.15, 0.2) is 9.84 Å². The van der Waals surface area contributed by atoms with Crippen molar-refractivity contribution >= 4 is 15.8 Å². The van der Waals surface area contributed by atoms with Gasteiger partial charge in [-0.1, -0.05) is 0 Å². The van der Waals surface area contributed by atoms with Crippen LogP contribution in [-0.2, 0) is 19.4 Å². The molecule has 0 aliphatic carbocycles. The van der Waals surface area contributed by atoms with Crippen molar-refractivity contribution in [2.45, 2.75) is 32.8 Å². The van der Waals surface area contributed by atoms with E-state index in [9.17, 15) is 22.0 Å². The van der Waals surface area contributed by atoms with Gasteiger partial charge in [-0.15, -0.1) is 0 Å². The smallest absolute Gasteiger partial charge is 0.321 e. The van der Waals surface area contributed by atoms with Crippen LogP contribution in [0.15, 0.2) is 0 Å². The van der Waals surface area contributed by atoms with Gasteiger partial charge in [0, 0.05) is 6.42 Å². The van der Waals surface area contributed by atoms with Gasteiger partial charge in [-0.05, 0) is 13.8 Å². The van der Waals surface area contributed by atoms with Gasteiger partial charge in [0.2, 0.25) is 6.43 Å². The summed E-state index contributed by atoms with van der Waals surface area (Å²) in [4.78, 5) is 10.9. The number of carbonyl (C=O) groups is 1. The van der Waals surface area contributed by atoms with Crippen LogP contribution < -0.4 is 0 Å². The Balaban J connectivity index is 4.09. The molecule has 0 saturated heterocycles. The number of hydrogen-bond acceptors (Lipinski definition) is 4. The van der Waals surface area contributed by atoms with Gasteiger partial charge in [-0.2, -0.15) is 0 Å². The first-order valence-corrected chi connectivity index (χ1v) is 6.23. The van der Waals surface area contributed by atoms with E-state index in [1.165, 1.54) is 0 Å². The molecule has 0 fully saturated rings. The summed E-state index contributed by atoms with van der Waals surface area (Å²) in [5.74, 6) is -2.44. The highest BCUT2D eigenvalue weighted by Gasteiger charge is 2.20. The summed E-state index contributed by atoms with van der Waals surface area (Å²) in [6.07, 6.45) is -3.85. The van der Waals surface area contributed by atoms with E-state index in [-0.39, 0.29) is 0 Å². The van der Waals surface area contributed by atoms with E-state index >= 15 is 0 Å². The molecule has 0 radical (unpaired) electrons. The molecule has 0 saturated carbocycles.